The van der Waals surface area contributed by atoms with E-state index < -0.39 is 0 Å². The predicted octanol–water partition coefficient (Wildman–Crippen LogP) is 2.08. The summed E-state index contributed by atoms with van der Waals surface area (Å²) in [5, 5.41) is 12.1. The highest BCUT2D eigenvalue weighted by atomic mass is 127. The van der Waals surface area contributed by atoms with E-state index in [0.29, 0.717) is 6.54 Å². The standard InChI is InChI=1S/C9H12INO/c1-7(12)6-11-9-4-2-3-8(10)5-9/h2-5,7,11-12H,6H2,1H3. The van der Waals surface area contributed by atoms with E-state index in [-0.39, 0.29) is 6.10 Å². The fraction of sp³-hybridized carbons (Fsp3) is 0.333. The molecule has 0 aliphatic carbocycles. The Kier molecular flexibility index (Phi) is 3.81. The fourth-order valence-corrected chi connectivity index (χ4v) is 1.41. The van der Waals surface area contributed by atoms with Gasteiger partial charge < -0.3 is 10.4 Å². The molecular formula is C9H12INO. The van der Waals surface area contributed by atoms with Crippen molar-refractivity contribution in [2.45, 2.75) is 13.0 Å². The summed E-state index contributed by atoms with van der Waals surface area (Å²) in [6.45, 7) is 2.36. The Labute approximate surface area is 86.1 Å². The van der Waals surface area contributed by atoms with Crippen LogP contribution >= 0.6 is 22.6 Å². The van der Waals surface area contributed by atoms with E-state index >= 15 is 0 Å². The highest BCUT2D eigenvalue weighted by Crippen LogP contribution is 2.11. The molecule has 0 aliphatic heterocycles. The zero-order valence-corrected chi connectivity index (χ0v) is 9.08. The molecule has 1 aromatic carbocycles. The molecule has 0 fully saturated rings. The SMILES string of the molecule is CC(O)CNc1cccc(I)c1. The lowest BCUT2D eigenvalue weighted by Crippen LogP contribution is -2.15. The van der Waals surface area contributed by atoms with E-state index in [1.165, 1.54) is 3.57 Å². The maximum Gasteiger partial charge on any atom is 0.0684 e. The van der Waals surface area contributed by atoms with Crippen LogP contribution in [0, 0.1) is 3.57 Å². The van der Waals surface area contributed by atoms with Crippen LogP contribution in [-0.4, -0.2) is 17.8 Å². The summed E-state index contributed by atoms with van der Waals surface area (Å²) >= 11 is 2.26. The number of hydrogen-bond donors (Lipinski definition) is 2. The van der Waals surface area contributed by atoms with E-state index in [0.717, 1.165) is 5.69 Å². The molecule has 0 heterocycles. The molecule has 0 saturated carbocycles. The Balaban J connectivity index is 2.52. The molecule has 2 nitrogen and oxygen atoms in total. The smallest absolute Gasteiger partial charge is 0.0684 e. The van der Waals surface area contributed by atoms with Crippen LogP contribution in [0.3, 0.4) is 0 Å². The van der Waals surface area contributed by atoms with E-state index in [1.807, 2.05) is 24.3 Å². The van der Waals surface area contributed by atoms with E-state index in [1.54, 1.807) is 6.92 Å². The first-order valence-electron chi connectivity index (χ1n) is 3.86. The van der Waals surface area contributed by atoms with Gasteiger partial charge >= 0.3 is 0 Å². The summed E-state index contributed by atoms with van der Waals surface area (Å²) < 4.78 is 1.20. The van der Waals surface area contributed by atoms with Gasteiger partial charge in [0.1, 0.15) is 0 Å². The molecule has 0 spiro atoms. The van der Waals surface area contributed by atoms with E-state index in [2.05, 4.69) is 27.9 Å². The van der Waals surface area contributed by atoms with Crippen molar-refractivity contribution in [2.75, 3.05) is 11.9 Å². The highest BCUT2D eigenvalue weighted by Gasteiger charge is 1.95. The Morgan fingerprint density at radius 1 is 1.58 bits per heavy atom. The average Bonchev–Trinajstić information content (AvgIpc) is 2.01. The third kappa shape index (κ3) is 3.40. The Morgan fingerprint density at radius 3 is 2.92 bits per heavy atom. The van der Waals surface area contributed by atoms with Crippen LogP contribution in [0.15, 0.2) is 24.3 Å². The Morgan fingerprint density at radius 2 is 2.33 bits per heavy atom. The monoisotopic (exact) mass is 277 g/mol. The molecule has 3 heteroatoms. The summed E-state index contributed by atoms with van der Waals surface area (Å²) in [6.07, 6.45) is -0.303. The van der Waals surface area contributed by atoms with Gasteiger partial charge in [-0.3, -0.25) is 0 Å². The first-order chi connectivity index (χ1) is 5.68. The molecule has 12 heavy (non-hydrogen) atoms. The first-order valence-corrected chi connectivity index (χ1v) is 4.94. The second-order valence-electron chi connectivity index (χ2n) is 2.74. The van der Waals surface area contributed by atoms with Crippen molar-refractivity contribution in [3.8, 4) is 0 Å². The summed E-state index contributed by atoms with van der Waals surface area (Å²) in [4.78, 5) is 0. The molecular weight excluding hydrogens is 265 g/mol. The summed E-state index contributed by atoms with van der Waals surface area (Å²) in [5.41, 5.74) is 1.06. The van der Waals surface area contributed by atoms with Gasteiger partial charge in [-0.05, 0) is 47.7 Å². The van der Waals surface area contributed by atoms with Crippen molar-refractivity contribution in [1.29, 1.82) is 0 Å². The van der Waals surface area contributed by atoms with Crippen molar-refractivity contribution in [2.24, 2.45) is 0 Å². The third-order valence-corrected chi connectivity index (χ3v) is 2.10. The van der Waals surface area contributed by atoms with Crippen LogP contribution in [0.1, 0.15) is 6.92 Å². The van der Waals surface area contributed by atoms with Crippen molar-refractivity contribution in [3.05, 3.63) is 27.8 Å². The minimum atomic E-state index is -0.303. The summed E-state index contributed by atoms with van der Waals surface area (Å²) in [5.74, 6) is 0. The van der Waals surface area contributed by atoms with Gasteiger partial charge in [-0.25, -0.2) is 0 Å². The van der Waals surface area contributed by atoms with Crippen LogP contribution in [0.2, 0.25) is 0 Å². The lowest BCUT2D eigenvalue weighted by molar-refractivity contribution is 0.208. The van der Waals surface area contributed by atoms with Gasteiger partial charge in [-0.2, -0.15) is 0 Å². The quantitative estimate of drug-likeness (QED) is 0.829. The van der Waals surface area contributed by atoms with Crippen LogP contribution in [0.5, 0.6) is 0 Å². The zero-order chi connectivity index (χ0) is 8.97. The predicted molar refractivity (Wildman–Crippen MR) is 59.3 cm³/mol. The second kappa shape index (κ2) is 4.67. The molecule has 1 atom stereocenters. The van der Waals surface area contributed by atoms with Crippen molar-refractivity contribution >= 4 is 28.3 Å². The molecule has 0 bridgehead atoms. The van der Waals surface area contributed by atoms with Crippen LogP contribution in [0.25, 0.3) is 0 Å². The molecule has 0 saturated heterocycles. The van der Waals surface area contributed by atoms with Gasteiger partial charge in [-0.15, -0.1) is 0 Å². The summed E-state index contributed by atoms with van der Waals surface area (Å²) in [7, 11) is 0. The van der Waals surface area contributed by atoms with Gasteiger partial charge in [0.2, 0.25) is 0 Å². The molecule has 1 aromatic rings. The lowest BCUT2D eigenvalue weighted by atomic mass is 10.3. The first kappa shape index (κ1) is 9.80. The number of benzene rings is 1. The third-order valence-electron chi connectivity index (χ3n) is 1.43. The van der Waals surface area contributed by atoms with Crippen LogP contribution in [0.4, 0.5) is 5.69 Å². The van der Waals surface area contributed by atoms with Gasteiger partial charge in [0.15, 0.2) is 0 Å². The molecule has 2 N–H and O–H groups in total. The zero-order valence-electron chi connectivity index (χ0n) is 6.92. The molecule has 1 rings (SSSR count). The minimum Gasteiger partial charge on any atom is -0.392 e. The second-order valence-corrected chi connectivity index (χ2v) is 3.99. The van der Waals surface area contributed by atoms with Crippen molar-refractivity contribution in [1.82, 2.24) is 0 Å². The summed E-state index contributed by atoms with van der Waals surface area (Å²) in [6, 6.07) is 8.06. The van der Waals surface area contributed by atoms with Crippen LogP contribution in [-0.2, 0) is 0 Å². The van der Waals surface area contributed by atoms with Gasteiger partial charge in [0, 0.05) is 15.8 Å². The molecule has 0 radical (unpaired) electrons. The molecule has 0 amide bonds. The van der Waals surface area contributed by atoms with Gasteiger partial charge in [-0.1, -0.05) is 6.07 Å². The number of aliphatic hydroxyl groups excluding tert-OH is 1. The Bertz CT molecular complexity index is 250. The molecule has 0 aliphatic rings. The van der Waals surface area contributed by atoms with Gasteiger partial charge in [0.05, 0.1) is 6.10 Å². The maximum absolute atomic E-state index is 9.02. The van der Waals surface area contributed by atoms with E-state index in [4.69, 9.17) is 5.11 Å². The Hall–Kier alpha value is -0.290. The number of hydrogen-bond acceptors (Lipinski definition) is 2. The average molecular weight is 277 g/mol. The van der Waals surface area contributed by atoms with E-state index in [9.17, 15) is 0 Å². The van der Waals surface area contributed by atoms with Crippen molar-refractivity contribution in [3.63, 3.8) is 0 Å². The van der Waals surface area contributed by atoms with Gasteiger partial charge in [0.25, 0.3) is 0 Å². The number of anilines is 1. The molecule has 0 aromatic heterocycles. The molecule has 1 unspecified atom stereocenters. The topological polar surface area (TPSA) is 32.3 Å². The number of nitrogens with one attached hydrogen (secondary N) is 1. The minimum absolute atomic E-state index is 0.303. The number of rotatable bonds is 3. The molecule has 66 valence electrons. The fourth-order valence-electron chi connectivity index (χ4n) is 0.864. The lowest BCUT2D eigenvalue weighted by Gasteiger charge is -2.07. The maximum atomic E-state index is 9.02. The van der Waals surface area contributed by atoms with Crippen LogP contribution < -0.4 is 5.32 Å². The highest BCUT2D eigenvalue weighted by molar-refractivity contribution is 14.1. The van der Waals surface area contributed by atoms with Crippen molar-refractivity contribution < 1.29 is 5.11 Å². The largest absolute Gasteiger partial charge is 0.392 e. The number of aliphatic hydroxyl groups is 1. The number of halogens is 1. The normalized spacial score (nSPS) is 12.6.